The molecule has 1 aliphatic rings. The molecule has 1 N–H and O–H groups in total. The van der Waals surface area contributed by atoms with Gasteiger partial charge in [-0.2, -0.15) is 18.3 Å². The molecular weight excluding hydrogens is 399 g/mol. The van der Waals surface area contributed by atoms with Gasteiger partial charge in [-0.15, -0.1) is 0 Å². The van der Waals surface area contributed by atoms with Gasteiger partial charge >= 0.3 is 6.18 Å². The molecule has 7 heteroatoms. The van der Waals surface area contributed by atoms with Gasteiger partial charge in [-0.25, -0.2) is 4.68 Å². The third-order valence-corrected chi connectivity index (χ3v) is 5.60. The number of aryl methyl sites for hydroxylation is 2. The van der Waals surface area contributed by atoms with Crippen molar-refractivity contribution >= 4 is 17.4 Å². The van der Waals surface area contributed by atoms with Gasteiger partial charge in [0.1, 0.15) is 5.82 Å². The number of nitrogens with one attached hydrogen (secondary N) is 1. The molecule has 0 saturated carbocycles. The number of alkyl halides is 3. The number of hydrogen-bond acceptors (Lipinski definition) is 2. The maximum Gasteiger partial charge on any atom is 0.417 e. The summed E-state index contributed by atoms with van der Waals surface area (Å²) in [6.45, 7) is 4.81. The van der Waals surface area contributed by atoms with Crippen molar-refractivity contribution in [3.63, 3.8) is 0 Å². The van der Waals surface area contributed by atoms with E-state index in [0.29, 0.717) is 11.3 Å². The van der Waals surface area contributed by atoms with Crippen molar-refractivity contribution in [3.8, 4) is 16.9 Å². The quantitative estimate of drug-likeness (QED) is 0.508. The van der Waals surface area contributed by atoms with Crippen LogP contribution in [0.25, 0.3) is 16.9 Å². The Morgan fingerprint density at radius 2 is 1.86 bits per heavy atom. The molecule has 3 nitrogen and oxygen atoms in total. The number of nitrogens with zero attached hydrogens (tertiary/aromatic N) is 2. The molecule has 29 heavy (non-hydrogen) atoms. The highest BCUT2D eigenvalue weighted by Gasteiger charge is 2.34. The molecule has 0 unspecified atom stereocenters. The summed E-state index contributed by atoms with van der Waals surface area (Å²) in [5.74, 6) is 0.856. The van der Waals surface area contributed by atoms with E-state index in [4.69, 9.17) is 16.7 Å². The number of hydrogen-bond donors (Lipinski definition) is 1. The molecule has 2 aromatic carbocycles. The molecule has 1 aliphatic heterocycles. The second kappa shape index (κ2) is 7.41. The van der Waals surface area contributed by atoms with Crippen LogP contribution in [0.3, 0.4) is 0 Å². The molecule has 1 aromatic heterocycles. The lowest BCUT2D eigenvalue weighted by Gasteiger charge is -2.12. The molecule has 0 saturated heterocycles. The predicted octanol–water partition coefficient (Wildman–Crippen LogP) is 6.58. The van der Waals surface area contributed by atoms with Crippen molar-refractivity contribution in [2.75, 3.05) is 11.9 Å². The zero-order valence-corrected chi connectivity index (χ0v) is 17.0. The Morgan fingerprint density at radius 1 is 1.07 bits per heavy atom. The standard InChI is InChI=1S/C22H21ClF3N3/c1-13-6-7-14(2)19(11-13)29-21-16(5-3-4-10-27-21)20(28-29)15-8-9-18(23)17(12-15)22(24,25)26/h6-9,11-12,27H,3-5,10H2,1-2H3. The van der Waals surface area contributed by atoms with E-state index in [1.807, 2.05) is 36.7 Å². The Bertz CT molecular complexity index is 1070. The number of rotatable bonds is 2. The molecule has 4 rings (SSSR count). The van der Waals surface area contributed by atoms with E-state index in [2.05, 4.69) is 5.32 Å². The van der Waals surface area contributed by atoms with E-state index < -0.39 is 11.7 Å². The van der Waals surface area contributed by atoms with Gasteiger partial charge in [0.2, 0.25) is 0 Å². The molecule has 0 spiro atoms. The maximum absolute atomic E-state index is 13.4. The Hall–Kier alpha value is -2.47. The lowest BCUT2D eigenvalue weighted by Crippen LogP contribution is -2.08. The van der Waals surface area contributed by atoms with Gasteiger partial charge in [0.25, 0.3) is 0 Å². The Labute approximate surface area is 172 Å². The van der Waals surface area contributed by atoms with Crippen LogP contribution in [0.1, 0.15) is 35.1 Å². The summed E-state index contributed by atoms with van der Waals surface area (Å²) in [5, 5.41) is 7.90. The van der Waals surface area contributed by atoms with Crippen LogP contribution in [0, 0.1) is 13.8 Å². The van der Waals surface area contributed by atoms with Gasteiger partial charge in [0.05, 0.1) is 22.0 Å². The van der Waals surface area contributed by atoms with Crippen LogP contribution in [0.2, 0.25) is 5.02 Å². The van der Waals surface area contributed by atoms with E-state index in [0.717, 1.165) is 60.1 Å². The SMILES string of the molecule is Cc1ccc(C)c(-n2nc(-c3ccc(Cl)c(C(F)(F)F)c3)c3c2NCCCC3)c1. The average Bonchev–Trinajstić information content (AvgIpc) is 2.84. The molecule has 3 aromatic rings. The van der Waals surface area contributed by atoms with Crippen molar-refractivity contribution in [3.05, 3.63) is 63.7 Å². The first-order valence-corrected chi connectivity index (χ1v) is 9.94. The van der Waals surface area contributed by atoms with Gasteiger partial charge in [-0.3, -0.25) is 0 Å². The van der Waals surface area contributed by atoms with E-state index in [9.17, 15) is 13.2 Å². The monoisotopic (exact) mass is 419 g/mol. The molecule has 0 fully saturated rings. The van der Waals surface area contributed by atoms with Crippen molar-refractivity contribution in [1.82, 2.24) is 9.78 Å². The first-order chi connectivity index (χ1) is 13.8. The van der Waals surface area contributed by atoms with Crippen LogP contribution in [0.4, 0.5) is 19.0 Å². The summed E-state index contributed by atoms with van der Waals surface area (Å²) in [7, 11) is 0. The minimum Gasteiger partial charge on any atom is -0.370 e. The van der Waals surface area contributed by atoms with Gasteiger partial charge in [0, 0.05) is 17.7 Å². The Balaban J connectivity index is 1.94. The molecule has 0 radical (unpaired) electrons. The smallest absolute Gasteiger partial charge is 0.370 e. The number of anilines is 1. The summed E-state index contributed by atoms with van der Waals surface area (Å²) in [6, 6.07) is 10.1. The molecule has 2 heterocycles. The van der Waals surface area contributed by atoms with Gasteiger partial charge in [-0.05, 0) is 62.4 Å². The van der Waals surface area contributed by atoms with Crippen molar-refractivity contribution < 1.29 is 13.2 Å². The van der Waals surface area contributed by atoms with E-state index >= 15 is 0 Å². The Morgan fingerprint density at radius 3 is 2.62 bits per heavy atom. The summed E-state index contributed by atoms with van der Waals surface area (Å²) in [6.07, 6.45) is -1.81. The maximum atomic E-state index is 13.4. The van der Waals surface area contributed by atoms with Gasteiger partial charge < -0.3 is 5.32 Å². The number of halogens is 4. The van der Waals surface area contributed by atoms with E-state index in [1.165, 1.54) is 6.07 Å². The van der Waals surface area contributed by atoms with Crippen LogP contribution >= 0.6 is 11.6 Å². The molecular formula is C22H21ClF3N3. The first-order valence-electron chi connectivity index (χ1n) is 9.56. The summed E-state index contributed by atoms with van der Waals surface area (Å²) in [5.41, 5.74) is 4.16. The normalized spacial score (nSPS) is 14.3. The van der Waals surface area contributed by atoms with Gasteiger partial charge in [-0.1, -0.05) is 29.8 Å². The van der Waals surface area contributed by atoms with E-state index in [-0.39, 0.29) is 5.02 Å². The Kier molecular flexibility index (Phi) is 5.07. The predicted molar refractivity (Wildman–Crippen MR) is 110 cm³/mol. The number of aromatic nitrogens is 2. The second-order valence-corrected chi connectivity index (χ2v) is 7.86. The van der Waals surface area contributed by atoms with E-state index in [1.54, 1.807) is 6.07 Å². The highest BCUT2D eigenvalue weighted by Crippen LogP contribution is 2.40. The van der Waals surface area contributed by atoms with Crippen LogP contribution in [-0.4, -0.2) is 16.3 Å². The highest BCUT2D eigenvalue weighted by atomic mass is 35.5. The van der Waals surface area contributed by atoms with Crippen LogP contribution in [-0.2, 0) is 12.6 Å². The average molecular weight is 420 g/mol. The summed E-state index contributed by atoms with van der Waals surface area (Å²) in [4.78, 5) is 0. The highest BCUT2D eigenvalue weighted by molar-refractivity contribution is 6.31. The molecule has 0 aliphatic carbocycles. The number of benzene rings is 2. The fourth-order valence-electron chi connectivity index (χ4n) is 3.75. The van der Waals surface area contributed by atoms with Crippen LogP contribution in [0.15, 0.2) is 36.4 Å². The number of fused-ring (bicyclic) bond motifs is 1. The minimum absolute atomic E-state index is 0.306. The lowest BCUT2D eigenvalue weighted by molar-refractivity contribution is -0.137. The minimum atomic E-state index is -4.52. The molecule has 0 atom stereocenters. The molecule has 0 amide bonds. The van der Waals surface area contributed by atoms with Gasteiger partial charge in [0.15, 0.2) is 0 Å². The fraction of sp³-hybridized carbons (Fsp3) is 0.318. The summed E-state index contributed by atoms with van der Waals surface area (Å²) >= 11 is 5.82. The molecule has 152 valence electrons. The van der Waals surface area contributed by atoms with Crippen LogP contribution in [0.5, 0.6) is 0 Å². The summed E-state index contributed by atoms with van der Waals surface area (Å²) < 4.78 is 42.0. The largest absolute Gasteiger partial charge is 0.417 e. The molecule has 0 bridgehead atoms. The second-order valence-electron chi connectivity index (χ2n) is 7.45. The van der Waals surface area contributed by atoms with Crippen molar-refractivity contribution in [1.29, 1.82) is 0 Å². The zero-order chi connectivity index (χ0) is 20.8. The third kappa shape index (κ3) is 3.73. The fourth-order valence-corrected chi connectivity index (χ4v) is 3.97. The zero-order valence-electron chi connectivity index (χ0n) is 16.2. The van der Waals surface area contributed by atoms with Crippen LogP contribution < -0.4 is 5.32 Å². The first kappa shape index (κ1) is 19.8. The lowest BCUT2D eigenvalue weighted by atomic mass is 10.0. The topological polar surface area (TPSA) is 29.9 Å². The third-order valence-electron chi connectivity index (χ3n) is 5.27. The van der Waals surface area contributed by atoms with Crippen molar-refractivity contribution in [2.45, 2.75) is 39.3 Å². The van der Waals surface area contributed by atoms with Crippen molar-refractivity contribution in [2.24, 2.45) is 0 Å².